The van der Waals surface area contributed by atoms with Crippen molar-refractivity contribution in [2.45, 2.75) is 19.3 Å². The van der Waals surface area contributed by atoms with E-state index in [1.165, 1.54) is 0 Å². The van der Waals surface area contributed by atoms with Crippen LogP contribution in [-0.4, -0.2) is 25.2 Å². The van der Waals surface area contributed by atoms with Crippen LogP contribution in [0.25, 0.3) is 0 Å². The Morgan fingerprint density at radius 1 is 1.08 bits per heavy atom. The van der Waals surface area contributed by atoms with E-state index in [1.807, 2.05) is 37.3 Å². The Hall–Kier alpha value is -2.82. The quantitative estimate of drug-likeness (QED) is 0.602. The number of fused-ring (bicyclic) bond motifs is 1. The van der Waals surface area contributed by atoms with Crippen LogP contribution in [0.4, 0.5) is 0 Å². The monoisotopic (exact) mass is 326 g/mol. The largest absolute Gasteiger partial charge is 0.457 e. The zero-order chi connectivity index (χ0) is 16.9. The van der Waals surface area contributed by atoms with Crippen molar-refractivity contribution in [1.82, 2.24) is 0 Å². The number of esters is 1. The highest BCUT2D eigenvalue weighted by Gasteiger charge is 2.22. The van der Waals surface area contributed by atoms with Crippen molar-refractivity contribution in [1.29, 1.82) is 0 Å². The predicted octanol–water partition coefficient (Wildman–Crippen LogP) is 3.34. The predicted molar refractivity (Wildman–Crippen MR) is 87.3 cm³/mol. The summed E-state index contributed by atoms with van der Waals surface area (Å²) in [6, 6.07) is 14.3. The molecule has 24 heavy (non-hydrogen) atoms. The minimum absolute atomic E-state index is 0.150. The van der Waals surface area contributed by atoms with E-state index in [-0.39, 0.29) is 25.1 Å². The van der Waals surface area contributed by atoms with Gasteiger partial charge in [-0.3, -0.25) is 9.59 Å². The lowest BCUT2D eigenvalue weighted by Gasteiger charge is -2.14. The van der Waals surface area contributed by atoms with Gasteiger partial charge < -0.3 is 14.2 Å². The second-order valence-electron chi connectivity index (χ2n) is 5.47. The van der Waals surface area contributed by atoms with Gasteiger partial charge in [0.15, 0.2) is 23.9 Å². The first kappa shape index (κ1) is 16.1. The molecule has 0 fully saturated rings. The molecule has 0 saturated heterocycles. The Bertz CT molecular complexity index is 739. The van der Waals surface area contributed by atoms with Gasteiger partial charge in [0.1, 0.15) is 0 Å². The first-order valence-electron chi connectivity index (χ1n) is 7.83. The number of benzene rings is 2. The molecule has 1 heterocycles. The molecule has 0 aromatic heterocycles. The zero-order valence-electron chi connectivity index (χ0n) is 13.4. The standard InChI is InChI=1S/C19H18O5/c1-2-15(13-6-4-3-5-7-13)19(21)22-11-16(20)14-8-9-17-18(10-14)24-12-23-17/h3-10,15H,2,11-12H2,1H3/t15-/m0/s1. The van der Waals surface area contributed by atoms with Crippen molar-refractivity contribution in [3.63, 3.8) is 0 Å². The SMILES string of the molecule is CC[C@H](C(=O)OCC(=O)c1ccc2c(c1)OCO2)c1ccccc1. The molecule has 2 aromatic carbocycles. The minimum Gasteiger partial charge on any atom is -0.457 e. The van der Waals surface area contributed by atoms with Gasteiger partial charge in [0.05, 0.1) is 5.92 Å². The number of hydrogen-bond acceptors (Lipinski definition) is 5. The van der Waals surface area contributed by atoms with Crippen LogP contribution in [0, 0.1) is 0 Å². The summed E-state index contributed by atoms with van der Waals surface area (Å²) in [6.45, 7) is 1.78. The maximum atomic E-state index is 12.3. The molecule has 0 aliphatic carbocycles. The van der Waals surface area contributed by atoms with Gasteiger partial charge in [-0.05, 0) is 30.2 Å². The molecule has 5 nitrogen and oxygen atoms in total. The van der Waals surface area contributed by atoms with Crippen molar-refractivity contribution < 1.29 is 23.8 Å². The number of rotatable bonds is 6. The zero-order valence-corrected chi connectivity index (χ0v) is 13.4. The number of Topliss-reactive ketones (excluding diaryl/α,β-unsaturated/α-hetero) is 1. The molecule has 1 aliphatic rings. The highest BCUT2D eigenvalue weighted by atomic mass is 16.7. The van der Waals surface area contributed by atoms with E-state index < -0.39 is 5.97 Å². The second kappa shape index (κ2) is 7.17. The molecular weight excluding hydrogens is 308 g/mol. The fraction of sp³-hybridized carbons (Fsp3) is 0.263. The average molecular weight is 326 g/mol. The lowest BCUT2D eigenvalue weighted by molar-refractivity contribution is -0.144. The molecule has 0 spiro atoms. The normalized spacial score (nSPS) is 13.4. The van der Waals surface area contributed by atoms with E-state index >= 15 is 0 Å². The molecule has 0 unspecified atom stereocenters. The second-order valence-corrected chi connectivity index (χ2v) is 5.47. The van der Waals surface area contributed by atoms with Crippen molar-refractivity contribution in [3.05, 3.63) is 59.7 Å². The summed E-state index contributed by atoms with van der Waals surface area (Å²) in [7, 11) is 0. The molecule has 3 rings (SSSR count). The molecule has 1 aliphatic heterocycles. The number of ketones is 1. The molecule has 1 atom stereocenters. The van der Waals surface area contributed by atoms with Gasteiger partial charge in [-0.1, -0.05) is 37.3 Å². The fourth-order valence-electron chi connectivity index (χ4n) is 2.61. The molecule has 0 radical (unpaired) electrons. The number of ether oxygens (including phenoxy) is 3. The first-order valence-corrected chi connectivity index (χ1v) is 7.83. The van der Waals surface area contributed by atoms with E-state index in [0.29, 0.717) is 23.5 Å². The molecule has 0 amide bonds. The van der Waals surface area contributed by atoms with E-state index in [4.69, 9.17) is 14.2 Å². The fourth-order valence-corrected chi connectivity index (χ4v) is 2.61. The summed E-state index contributed by atoms with van der Waals surface area (Å²) in [5, 5.41) is 0. The van der Waals surface area contributed by atoms with Crippen LogP contribution >= 0.6 is 0 Å². The van der Waals surface area contributed by atoms with Crippen molar-refractivity contribution in [3.8, 4) is 11.5 Å². The van der Waals surface area contributed by atoms with Gasteiger partial charge >= 0.3 is 5.97 Å². The van der Waals surface area contributed by atoms with Gasteiger partial charge in [-0.15, -0.1) is 0 Å². The average Bonchev–Trinajstić information content (AvgIpc) is 3.09. The van der Waals surface area contributed by atoms with Crippen LogP contribution in [-0.2, 0) is 9.53 Å². The highest BCUT2D eigenvalue weighted by Crippen LogP contribution is 2.32. The van der Waals surface area contributed by atoms with Crippen molar-refractivity contribution in [2.24, 2.45) is 0 Å². The topological polar surface area (TPSA) is 61.8 Å². The summed E-state index contributed by atoms with van der Waals surface area (Å²) in [5.74, 6) is 0.111. The Kier molecular flexibility index (Phi) is 4.79. The van der Waals surface area contributed by atoms with Gasteiger partial charge in [0, 0.05) is 5.56 Å². The Labute approximate surface area is 140 Å². The molecule has 0 saturated carbocycles. The first-order chi connectivity index (χ1) is 11.7. The minimum atomic E-state index is -0.391. The maximum Gasteiger partial charge on any atom is 0.313 e. The van der Waals surface area contributed by atoms with Gasteiger partial charge in [-0.25, -0.2) is 0 Å². The van der Waals surface area contributed by atoms with Gasteiger partial charge in [0.25, 0.3) is 0 Å². The van der Waals surface area contributed by atoms with Gasteiger partial charge in [-0.2, -0.15) is 0 Å². The Morgan fingerprint density at radius 3 is 2.58 bits per heavy atom. The van der Waals surface area contributed by atoms with Crippen LogP contribution in [0.1, 0.15) is 35.2 Å². The Morgan fingerprint density at radius 2 is 1.83 bits per heavy atom. The van der Waals surface area contributed by atoms with Gasteiger partial charge in [0.2, 0.25) is 6.79 Å². The van der Waals surface area contributed by atoms with Crippen molar-refractivity contribution >= 4 is 11.8 Å². The maximum absolute atomic E-state index is 12.3. The highest BCUT2D eigenvalue weighted by molar-refractivity contribution is 5.98. The van der Waals surface area contributed by atoms with Crippen LogP contribution in [0.3, 0.4) is 0 Å². The van der Waals surface area contributed by atoms with E-state index in [9.17, 15) is 9.59 Å². The van der Waals surface area contributed by atoms with Crippen LogP contribution in [0.2, 0.25) is 0 Å². The van der Waals surface area contributed by atoms with E-state index in [0.717, 1.165) is 5.56 Å². The molecule has 2 aromatic rings. The summed E-state index contributed by atoms with van der Waals surface area (Å²) >= 11 is 0. The Balaban J connectivity index is 1.62. The summed E-state index contributed by atoms with van der Waals surface area (Å²) in [5.41, 5.74) is 1.32. The summed E-state index contributed by atoms with van der Waals surface area (Å²) in [6.07, 6.45) is 0.612. The third-order valence-electron chi connectivity index (χ3n) is 3.93. The lowest BCUT2D eigenvalue weighted by Crippen LogP contribution is -2.19. The molecule has 0 bridgehead atoms. The molecule has 0 N–H and O–H groups in total. The molecular formula is C19H18O5. The van der Waals surface area contributed by atoms with Crippen LogP contribution in [0.15, 0.2) is 48.5 Å². The number of carbonyl (C=O) groups is 2. The third-order valence-corrected chi connectivity index (χ3v) is 3.93. The lowest BCUT2D eigenvalue weighted by atomic mass is 9.97. The molecule has 124 valence electrons. The molecule has 5 heteroatoms. The summed E-state index contributed by atoms with van der Waals surface area (Å²) in [4.78, 5) is 24.5. The number of carbonyl (C=O) groups excluding carboxylic acids is 2. The third kappa shape index (κ3) is 3.40. The number of hydrogen-bond donors (Lipinski definition) is 0. The van der Waals surface area contributed by atoms with E-state index in [2.05, 4.69) is 0 Å². The van der Waals surface area contributed by atoms with Crippen molar-refractivity contribution in [2.75, 3.05) is 13.4 Å². The van der Waals surface area contributed by atoms with E-state index in [1.54, 1.807) is 18.2 Å². The van der Waals surface area contributed by atoms with Crippen LogP contribution in [0.5, 0.6) is 11.5 Å². The van der Waals surface area contributed by atoms with Crippen LogP contribution < -0.4 is 9.47 Å². The summed E-state index contributed by atoms with van der Waals surface area (Å²) < 4.78 is 15.7. The smallest absolute Gasteiger partial charge is 0.313 e.